The maximum Gasteiger partial charge on any atom is 0.254 e. The molecule has 4 rings (SSSR count). The zero-order chi connectivity index (χ0) is 16.5. The summed E-state index contributed by atoms with van der Waals surface area (Å²) in [6, 6.07) is 4.22. The molecule has 0 spiro atoms. The summed E-state index contributed by atoms with van der Waals surface area (Å²) in [4.78, 5) is 8.78. The summed E-state index contributed by atoms with van der Waals surface area (Å²) >= 11 is 0. The van der Waals surface area contributed by atoms with Gasteiger partial charge < -0.3 is 10.1 Å². The van der Waals surface area contributed by atoms with Gasteiger partial charge in [0.15, 0.2) is 0 Å². The Balaban J connectivity index is 1.65. The van der Waals surface area contributed by atoms with Gasteiger partial charge in [-0.25, -0.2) is 4.98 Å². The first-order valence-corrected chi connectivity index (χ1v) is 8.32. The van der Waals surface area contributed by atoms with Gasteiger partial charge in [0.2, 0.25) is 0 Å². The number of rotatable bonds is 5. The van der Waals surface area contributed by atoms with E-state index in [4.69, 9.17) is 4.74 Å². The Bertz CT molecular complexity index is 840. The van der Waals surface area contributed by atoms with Crippen LogP contribution in [0.2, 0.25) is 0 Å². The minimum Gasteiger partial charge on any atom is -0.370 e. The molecule has 4 heterocycles. The molecule has 1 N–H and O–H groups in total. The molecule has 1 fully saturated rings. The quantitative estimate of drug-likeness (QED) is 0.769. The summed E-state index contributed by atoms with van der Waals surface area (Å²) in [6.45, 7) is 2.87. The smallest absolute Gasteiger partial charge is 0.254 e. The average Bonchev–Trinajstić information content (AvgIpc) is 3.28. The van der Waals surface area contributed by atoms with Gasteiger partial charge in [0, 0.05) is 31.6 Å². The van der Waals surface area contributed by atoms with Gasteiger partial charge in [0.05, 0.1) is 11.7 Å². The van der Waals surface area contributed by atoms with Crippen molar-refractivity contribution in [3.8, 4) is 0 Å². The summed E-state index contributed by atoms with van der Waals surface area (Å²) in [5.74, 6) is 1.53. The van der Waals surface area contributed by atoms with Crippen LogP contribution in [0.25, 0.3) is 5.78 Å². The van der Waals surface area contributed by atoms with E-state index < -0.39 is 0 Å². The molecule has 3 aromatic rings. The molecule has 1 aliphatic heterocycles. The highest BCUT2D eigenvalue weighted by Gasteiger charge is 2.32. The van der Waals surface area contributed by atoms with Crippen LogP contribution >= 0.6 is 0 Å². The van der Waals surface area contributed by atoms with E-state index in [0.717, 1.165) is 43.1 Å². The Morgan fingerprint density at radius 3 is 3.08 bits per heavy atom. The minimum absolute atomic E-state index is 0.0288. The number of nitrogens with zero attached hydrogens (tertiary/aromatic N) is 6. The molecule has 0 saturated carbocycles. The standard InChI is InChI=1S/C16H21N7O/c1-3-4-11-9-14(23-16(20-11)17-10-19-23)21-12-6-8-24-15(12)13-5-7-18-22(13)2/h5,7,9-10,12,15,21H,3-4,6,8H2,1-2H3/t12-,15-/m0/s1. The molecular formula is C16H21N7O. The van der Waals surface area contributed by atoms with Gasteiger partial charge in [-0.1, -0.05) is 13.3 Å². The SMILES string of the molecule is CCCc1cc(N[C@H]2CCO[C@@H]2c2ccnn2C)n2ncnc2n1. The van der Waals surface area contributed by atoms with Crippen molar-refractivity contribution in [2.75, 3.05) is 11.9 Å². The summed E-state index contributed by atoms with van der Waals surface area (Å²) in [5, 5.41) is 12.1. The number of hydrogen-bond donors (Lipinski definition) is 1. The predicted molar refractivity (Wildman–Crippen MR) is 88.7 cm³/mol. The lowest BCUT2D eigenvalue weighted by atomic mass is 10.1. The molecule has 0 amide bonds. The number of fused-ring (bicyclic) bond motifs is 1. The molecule has 0 aliphatic carbocycles. The average molecular weight is 327 g/mol. The molecule has 0 radical (unpaired) electrons. The second-order valence-corrected chi connectivity index (χ2v) is 6.07. The van der Waals surface area contributed by atoms with Crippen LogP contribution in [0.15, 0.2) is 24.7 Å². The lowest BCUT2D eigenvalue weighted by Crippen LogP contribution is -2.26. The van der Waals surface area contributed by atoms with Crippen LogP contribution in [-0.4, -0.2) is 42.0 Å². The number of anilines is 1. The monoisotopic (exact) mass is 327 g/mol. The Morgan fingerprint density at radius 2 is 2.29 bits per heavy atom. The molecule has 24 heavy (non-hydrogen) atoms. The van der Waals surface area contributed by atoms with Crippen molar-refractivity contribution >= 4 is 11.6 Å². The lowest BCUT2D eigenvalue weighted by Gasteiger charge is -2.21. The van der Waals surface area contributed by atoms with Gasteiger partial charge in [0.1, 0.15) is 18.2 Å². The van der Waals surface area contributed by atoms with E-state index in [9.17, 15) is 0 Å². The number of aromatic nitrogens is 6. The van der Waals surface area contributed by atoms with Crippen molar-refractivity contribution in [1.82, 2.24) is 29.4 Å². The maximum absolute atomic E-state index is 5.95. The molecule has 0 bridgehead atoms. The molecule has 8 nitrogen and oxygen atoms in total. The van der Waals surface area contributed by atoms with E-state index in [2.05, 4.69) is 38.5 Å². The second kappa shape index (κ2) is 6.20. The van der Waals surface area contributed by atoms with Crippen LogP contribution in [0, 0.1) is 0 Å². The fourth-order valence-corrected chi connectivity index (χ4v) is 3.23. The van der Waals surface area contributed by atoms with Crippen molar-refractivity contribution in [2.24, 2.45) is 7.05 Å². The molecule has 3 aromatic heterocycles. The highest BCUT2D eigenvalue weighted by atomic mass is 16.5. The van der Waals surface area contributed by atoms with Crippen molar-refractivity contribution in [3.63, 3.8) is 0 Å². The number of nitrogens with one attached hydrogen (secondary N) is 1. The minimum atomic E-state index is -0.0288. The third-order valence-electron chi connectivity index (χ3n) is 4.39. The van der Waals surface area contributed by atoms with E-state index in [1.807, 2.05) is 17.8 Å². The van der Waals surface area contributed by atoms with Crippen molar-refractivity contribution in [1.29, 1.82) is 0 Å². The van der Waals surface area contributed by atoms with Gasteiger partial charge >= 0.3 is 0 Å². The predicted octanol–water partition coefficient (Wildman–Crippen LogP) is 1.75. The third kappa shape index (κ3) is 2.62. The molecular weight excluding hydrogens is 306 g/mol. The largest absolute Gasteiger partial charge is 0.370 e. The van der Waals surface area contributed by atoms with E-state index in [-0.39, 0.29) is 12.1 Å². The molecule has 0 unspecified atom stereocenters. The number of aryl methyl sites for hydroxylation is 2. The van der Waals surface area contributed by atoms with Crippen molar-refractivity contribution in [3.05, 3.63) is 36.0 Å². The molecule has 0 aromatic carbocycles. The van der Waals surface area contributed by atoms with Crippen LogP contribution in [0.5, 0.6) is 0 Å². The first-order valence-electron chi connectivity index (χ1n) is 8.32. The normalized spacial score (nSPS) is 20.8. The second-order valence-electron chi connectivity index (χ2n) is 6.07. The van der Waals surface area contributed by atoms with Gasteiger partial charge in [-0.3, -0.25) is 4.68 Å². The van der Waals surface area contributed by atoms with Crippen LogP contribution in [0.4, 0.5) is 5.82 Å². The van der Waals surface area contributed by atoms with E-state index >= 15 is 0 Å². The Morgan fingerprint density at radius 1 is 1.38 bits per heavy atom. The van der Waals surface area contributed by atoms with Gasteiger partial charge in [-0.15, -0.1) is 0 Å². The van der Waals surface area contributed by atoms with Crippen molar-refractivity contribution < 1.29 is 4.74 Å². The molecule has 126 valence electrons. The summed E-state index contributed by atoms with van der Waals surface area (Å²) in [5.41, 5.74) is 2.10. The molecule has 2 atom stereocenters. The first kappa shape index (κ1) is 15.1. The van der Waals surface area contributed by atoms with Crippen LogP contribution in [-0.2, 0) is 18.2 Å². The third-order valence-corrected chi connectivity index (χ3v) is 4.39. The van der Waals surface area contributed by atoms with E-state index in [0.29, 0.717) is 5.78 Å². The summed E-state index contributed by atoms with van der Waals surface area (Å²) < 4.78 is 9.56. The van der Waals surface area contributed by atoms with Crippen molar-refractivity contribution in [2.45, 2.75) is 38.3 Å². The van der Waals surface area contributed by atoms with Crippen LogP contribution < -0.4 is 5.32 Å². The summed E-state index contributed by atoms with van der Waals surface area (Å²) in [7, 11) is 1.94. The Kier molecular flexibility index (Phi) is 3.89. The fraction of sp³-hybridized carbons (Fsp3) is 0.500. The number of hydrogen-bond acceptors (Lipinski definition) is 6. The van der Waals surface area contributed by atoms with Gasteiger partial charge in [-0.2, -0.15) is 19.7 Å². The highest BCUT2D eigenvalue weighted by molar-refractivity contribution is 5.46. The highest BCUT2D eigenvalue weighted by Crippen LogP contribution is 2.31. The Labute approximate surface area is 139 Å². The molecule has 1 aliphatic rings. The molecule has 8 heteroatoms. The van der Waals surface area contributed by atoms with E-state index in [1.165, 1.54) is 6.33 Å². The topological polar surface area (TPSA) is 82.2 Å². The van der Waals surface area contributed by atoms with Gasteiger partial charge in [-0.05, 0) is 18.9 Å². The van der Waals surface area contributed by atoms with Gasteiger partial charge in [0.25, 0.3) is 5.78 Å². The Hall–Kier alpha value is -2.48. The fourth-order valence-electron chi connectivity index (χ4n) is 3.23. The summed E-state index contributed by atoms with van der Waals surface area (Å²) in [6.07, 6.45) is 6.20. The van der Waals surface area contributed by atoms with E-state index in [1.54, 1.807) is 10.7 Å². The number of ether oxygens (including phenoxy) is 1. The zero-order valence-electron chi connectivity index (χ0n) is 13.9. The maximum atomic E-state index is 5.95. The first-order chi connectivity index (χ1) is 11.8. The lowest BCUT2D eigenvalue weighted by molar-refractivity contribution is 0.101. The zero-order valence-corrected chi connectivity index (χ0v) is 13.9. The molecule has 1 saturated heterocycles. The van der Waals surface area contributed by atoms with Crippen LogP contribution in [0.3, 0.4) is 0 Å². The van der Waals surface area contributed by atoms with Crippen LogP contribution in [0.1, 0.15) is 37.3 Å².